The Kier molecular flexibility index (Phi) is 4.29. The first-order chi connectivity index (χ1) is 10.7. The summed E-state index contributed by atoms with van der Waals surface area (Å²) in [5.74, 6) is 0.655. The molecule has 0 amide bonds. The monoisotopic (exact) mass is 355 g/mol. The highest BCUT2D eigenvalue weighted by Crippen LogP contribution is 2.14. The van der Waals surface area contributed by atoms with Crippen molar-refractivity contribution in [2.75, 3.05) is 5.32 Å². The normalized spacial score (nSPS) is 11.0. The Hall–Kier alpha value is -2.47. The zero-order chi connectivity index (χ0) is 15.4. The highest BCUT2D eigenvalue weighted by atomic mass is 79.9. The van der Waals surface area contributed by atoms with Crippen molar-refractivity contribution in [1.29, 1.82) is 0 Å². The Labute approximate surface area is 136 Å². The van der Waals surface area contributed by atoms with Crippen molar-refractivity contribution in [3.63, 3.8) is 0 Å². The van der Waals surface area contributed by atoms with Gasteiger partial charge in [0.25, 0.3) is 0 Å². The van der Waals surface area contributed by atoms with Crippen LogP contribution >= 0.6 is 15.9 Å². The van der Waals surface area contributed by atoms with E-state index in [4.69, 9.17) is 0 Å². The van der Waals surface area contributed by atoms with Crippen LogP contribution in [0.25, 0.3) is 11.8 Å². The van der Waals surface area contributed by atoms with E-state index in [0.717, 1.165) is 15.8 Å². The fraction of sp³-hybridized carbons (Fsp3) is 0.0625. The number of hydrogen-bond donors (Lipinski definition) is 1. The number of anilines is 1. The van der Waals surface area contributed by atoms with Gasteiger partial charge in [0.05, 0.1) is 5.69 Å². The topological polar surface area (TPSA) is 55.6 Å². The number of hydrogen-bond acceptors (Lipinski definition) is 4. The maximum absolute atomic E-state index is 4.02. The first-order valence-electron chi connectivity index (χ1n) is 6.76. The molecule has 22 heavy (non-hydrogen) atoms. The molecular formula is C16H14BrN5. The predicted octanol–water partition coefficient (Wildman–Crippen LogP) is 3.82. The molecule has 5 nitrogen and oxygen atoms in total. The van der Waals surface area contributed by atoms with Crippen LogP contribution in [0.4, 0.5) is 5.69 Å². The second-order valence-corrected chi connectivity index (χ2v) is 5.68. The number of rotatable bonds is 4. The minimum Gasteiger partial charge on any atom is -0.362 e. The molecule has 110 valence electrons. The van der Waals surface area contributed by atoms with Crippen molar-refractivity contribution in [2.24, 2.45) is 0 Å². The van der Waals surface area contributed by atoms with Gasteiger partial charge < -0.3 is 5.32 Å². The largest absolute Gasteiger partial charge is 0.362 e. The Morgan fingerprint density at radius 2 is 1.77 bits per heavy atom. The molecule has 1 aromatic heterocycles. The lowest BCUT2D eigenvalue weighted by molar-refractivity contribution is 0.786. The number of tetrazole rings is 1. The van der Waals surface area contributed by atoms with Gasteiger partial charge in [-0.25, -0.2) is 0 Å². The van der Waals surface area contributed by atoms with E-state index in [9.17, 15) is 0 Å². The van der Waals surface area contributed by atoms with Gasteiger partial charge >= 0.3 is 0 Å². The molecule has 3 aromatic rings. The molecular weight excluding hydrogens is 342 g/mol. The number of halogens is 1. The van der Waals surface area contributed by atoms with Crippen molar-refractivity contribution in [1.82, 2.24) is 20.2 Å². The standard InChI is InChI=1S/C16H14BrN5/c1-12-2-6-14(7-3-12)18-11-10-16-19-20-21-22(16)15-8-4-13(17)5-9-15/h2-11,18H,1H3/b11-10+. The van der Waals surface area contributed by atoms with Crippen LogP contribution in [-0.2, 0) is 0 Å². The number of aromatic nitrogens is 4. The summed E-state index contributed by atoms with van der Waals surface area (Å²) in [6.45, 7) is 2.06. The molecule has 0 aliphatic carbocycles. The minimum absolute atomic E-state index is 0.655. The quantitative estimate of drug-likeness (QED) is 0.772. The molecule has 0 bridgehead atoms. The Morgan fingerprint density at radius 1 is 1.05 bits per heavy atom. The molecule has 6 heteroatoms. The summed E-state index contributed by atoms with van der Waals surface area (Å²) in [5, 5.41) is 15.0. The van der Waals surface area contributed by atoms with Crippen LogP contribution in [-0.4, -0.2) is 20.2 Å². The smallest absolute Gasteiger partial charge is 0.181 e. The van der Waals surface area contributed by atoms with Crippen molar-refractivity contribution in [3.05, 3.63) is 70.6 Å². The van der Waals surface area contributed by atoms with Crippen molar-refractivity contribution in [2.45, 2.75) is 6.92 Å². The third-order valence-corrected chi connectivity index (χ3v) is 3.63. The van der Waals surface area contributed by atoms with Gasteiger partial charge in [0.2, 0.25) is 0 Å². The van der Waals surface area contributed by atoms with Crippen molar-refractivity contribution >= 4 is 27.7 Å². The summed E-state index contributed by atoms with van der Waals surface area (Å²) in [4.78, 5) is 0. The Balaban J connectivity index is 1.76. The molecule has 2 aromatic carbocycles. The van der Waals surface area contributed by atoms with Crippen LogP contribution in [0.2, 0.25) is 0 Å². The van der Waals surface area contributed by atoms with E-state index in [0.29, 0.717) is 5.82 Å². The van der Waals surface area contributed by atoms with E-state index in [1.807, 2.05) is 48.7 Å². The first kappa shape index (κ1) is 14.5. The van der Waals surface area contributed by atoms with Gasteiger partial charge in [-0.05, 0) is 53.7 Å². The third-order valence-electron chi connectivity index (χ3n) is 3.10. The fourth-order valence-electron chi connectivity index (χ4n) is 1.93. The maximum Gasteiger partial charge on any atom is 0.181 e. The molecule has 1 N–H and O–H groups in total. The van der Waals surface area contributed by atoms with Crippen LogP contribution in [0.15, 0.2) is 59.2 Å². The average Bonchev–Trinajstić information content (AvgIpc) is 2.98. The molecule has 0 fully saturated rings. The lowest BCUT2D eigenvalue weighted by atomic mass is 10.2. The van der Waals surface area contributed by atoms with Crippen LogP contribution < -0.4 is 5.32 Å². The maximum atomic E-state index is 4.02. The van der Waals surface area contributed by atoms with Crippen LogP contribution in [0.1, 0.15) is 11.4 Å². The van der Waals surface area contributed by atoms with Gasteiger partial charge in [0.1, 0.15) is 0 Å². The number of aryl methyl sites for hydroxylation is 1. The molecule has 0 atom stereocenters. The van der Waals surface area contributed by atoms with E-state index in [1.165, 1.54) is 5.56 Å². The Morgan fingerprint density at radius 3 is 2.50 bits per heavy atom. The van der Waals surface area contributed by atoms with Crippen LogP contribution in [0.5, 0.6) is 0 Å². The summed E-state index contributed by atoms with van der Waals surface area (Å²) >= 11 is 3.42. The minimum atomic E-state index is 0.655. The molecule has 3 rings (SSSR count). The summed E-state index contributed by atoms with van der Waals surface area (Å²) in [5.41, 5.74) is 3.15. The summed E-state index contributed by atoms with van der Waals surface area (Å²) in [6.07, 6.45) is 3.66. The van der Waals surface area contributed by atoms with Gasteiger partial charge in [0.15, 0.2) is 5.82 Å². The van der Waals surface area contributed by atoms with E-state index >= 15 is 0 Å². The Bertz CT molecular complexity index is 775. The van der Waals surface area contributed by atoms with Gasteiger partial charge in [-0.1, -0.05) is 33.6 Å². The van der Waals surface area contributed by atoms with E-state index < -0.39 is 0 Å². The number of benzene rings is 2. The summed E-state index contributed by atoms with van der Waals surface area (Å²) in [7, 11) is 0. The lowest BCUT2D eigenvalue weighted by Gasteiger charge is -2.02. The predicted molar refractivity (Wildman–Crippen MR) is 90.7 cm³/mol. The zero-order valence-corrected chi connectivity index (χ0v) is 13.5. The van der Waals surface area contributed by atoms with Crippen LogP contribution in [0.3, 0.4) is 0 Å². The summed E-state index contributed by atoms with van der Waals surface area (Å²) in [6, 6.07) is 16.0. The third kappa shape index (κ3) is 3.40. The zero-order valence-electron chi connectivity index (χ0n) is 11.9. The van der Waals surface area contributed by atoms with Gasteiger partial charge in [-0.15, -0.1) is 5.10 Å². The molecule has 0 aliphatic rings. The van der Waals surface area contributed by atoms with Crippen molar-refractivity contribution in [3.8, 4) is 5.69 Å². The molecule has 0 spiro atoms. The van der Waals surface area contributed by atoms with Gasteiger partial charge in [-0.3, -0.25) is 0 Å². The molecule has 0 aliphatic heterocycles. The lowest BCUT2D eigenvalue weighted by Crippen LogP contribution is -1.99. The first-order valence-corrected chi connectivity index (χ1v) is 7.56. The number of nitrogens with one attached hydrogen (secondary N) is 1. The second-order valence-electron chi connectivity index (χ2n) is 4.77. The molecule has 0 radical (unpaired) electrons. The van der Waals surface area contributed by atoms with Gasteiger partial charge in [-0.2, -0.15) is 4.68 Å². The van der Waals surface area contributed by atoms with E-state index in [2.05, 4.69) is 55.8 Å². The number of nitrogens with zero attached hydrogens (tertiary/aromatic N) is 4. The van der Waals surface area contributed by atoms with Crippen molar-refractivity contribution < 1.29 is 0 Å². The molecule has 0 unspecified atom stereocenters. The fourth-order valence-corrected chi connectivity index (χ4v) is 2.19. The highest BCUT2D eigenvalue weighted by molar-refractivity contribution is 9.10. The average molecular weight is 356 g/mol. The van der Waals surface area contributed by atoms with Crippen LogP contribution in [0, 0.1) is 6.92 Å². The van der Waals surface area contributed by atoms with Gasteiger partial charge in [0, 0.05) is 22.4 Å². The van der Waals surface area contributed by atoms with E-state index in [1.54, 1.807) is 4.68 Å². The molecule has 0 saturated heterocycles. The molecule has 1 heterocycles. The highest BCUT2D eigenvalue weighted by Gasteiger charge is 2.04. The SMILES string of the molecule is Cc1ccc(N/C=C/c2nnnn2-c2ccc(Br)cc2)cc1. The van der Waals surface area contributed by atoms with E-state index in [-0.39, 0.29) is 0 Å². The summed E-state index contributed by atoms with van der Waals surface area (Å²) < 4.78 is 2.70. The molecule has 0 saturated carbocycles. The second kappa shape index (κ2) is 6.53.